The van der Waals surface area contributed by atoms with Crippen LogP contribution >= 0.6 is 0 Å². The fourth-order valence-electron chi connectivity index (χ4n) is 2.72. The maximum atomic E-state index is 9.44. The van der Waals surface area contributed by atoms with Gasteiger partial charge in [0.15, 0.2) is 0 Å². The van der Waals surface area contributed by atoms with Gasteiger partial charge in [0, 0.05) is 11.5 Å². The highest BCUT2D eigenvalue weighted by atomic mass is 16.3. The monoisotopic (exact) mass is 219 g/mol. The highest BCUT2D eigenvalue weighted by molar-refractivity contribution is 5.41. The van der Waals surface area contributed by atoms with E-state index in [-0.39, 0.29) is 18.1 Å². The summed E-state index contributed by atoms with van der Waals surface area (Å²) in [7, 11) is 0. The van der Waals surface area contributed by atoms with Crippen molar-refractivity contribution in [3.63, 3.8) is 0 Å². The van der Waals surface area contributed by atoms with Crippen LogP contribution in [-0.4, -0.2) is 11.7 Å². The second-order valence-electron chi connectivity index (χ2n) is 5.31. The maximum absolute atomic E-state index is 9.44. The van der Waals surface area contributed by atoms with Crippen LogP contribution in [0.2, 0.25) is 0 Å². The molecule has 3 N–H and O–H groups in total. The molecule has 1 aliphatic rings. The van der Waals surface area contributed by atoms with Crippen molar-refractivity contribution in [1.29, 1.82) is 0 Å². The van der Waals surface area contributed by atoms with E-state index in [0.717, 1.165) is 12.8 Å². The Morgan fingerprint density at radius 1 is 1.25 bits per heavy atom. The zero-order valence-corrected chi connectivity index (χ0v) is 10.4. The first kappa shape index (κ1) is 11.6. The van der Waals surface area contributed by atoms with Gasteiger partial charge in [-0.2, -0.15) is 0 Å². The van der Waals surface area contributed by atoms with Crippen molar-refractivity contribution in [2.45, 2.75) is 39.7 Å². The van der Waals surface area contributed by atoms with Crippen LogP contribution < -0.4 is 5.73 Å². The molecule has 88 valence electrons. The smallest absolute Gasteiger partial charge is 0.0505 e. The number of hydrogen-bond donors (Lipinski definition) is 2. The minimum Gasteiger partial charge on any atom is -0.396 e. The molecule has 1 aromatic rings. The molecule has 1 saturated carbocycles. The van der Waals surface area contributed by atoms with Crippen molar-refractivity contribution < 1.29 is 5.11 Å². The minimum atomic E-state index is -0.0369. The molecule has 2 nitrogen and oxygen atoms in total. The van der Waals surface area contributed by atoms with Gasteiger partial charge in [-0.25, -0.2) is 0 Å². The van der Waals surface area contributed by atoms with E-state index in [1.807, 2.05) is 0 Å². The zero-order valence-electron chi connectivity index (χ0n) is 10.4. The first-order valence-corrected chi connectivity index (χ1v) is 5.94. The molecule has 1 aromatic carbocycles. The number of benzene rings is 1. The van der Waals surface area contributed by atoms with Crippen LogP contribution in [0.1, 0.15) is 41.1 Å². The summed E-state index contributed by atoms with van der Waals surface area (Å²) >= 11 is 0. The predicted molar refractivity (Wildman–Crippen MR) is 66.3 cm³/mol. The number of nitrogens with two attached hydrogens (primary N) is 1. The molecule has 0 bridgehead atoms. The van der Waals surface area contributed by atoms with Crippen molar-refractivity contribution in [2.75, 3.05) is 6.61 Å². The van der Waals surface area contributed by atoms with Crippen molar-refractivity contribution in [1.82, 2.24) is 0 Å². The molecule has 0 radical (unpaired) electrons. The van der Waals surface area contributed by atoms with E-state index in [2.05, 4.69) is 32.9 Å². The number of rotatable bonds is 3. The standard InChI is InChI=1S/C14H21NO/c1-9-6-10(2)12(11(3)7-9)13(15)14(8-16)4-5-14/h6-7,13,16H,4-5,8,15H2,1-3H3. The molecule has 0 aliphatic heterocycles. The Bertz CT molecular complexity index is 384. The van der Waals surface area contributed by atoms with Crippen LogP contribution in [0.25, 0.3) is 0 Å². The summed E-state index contributed by atoms with van der Waals surface area (Å²) in [5, 5.41) is 9.44. The Kier molecular flexibility index (Phi) is 2.81. The second kappa shape index (κ2) is 3.86. The van der Waals surface area contributed by atoms with Crippen LogP contribution in [0.5, 0.6) is 0 Å². The molecule has 2 rings (SSSR count). The first-order chi connectivity index (χ1) is 7.50. The predicted octanol–water partition coefficient (Wildman–Crippen LogP) is 2.38. The number of aryl methyl sites for hydroxylation is 3. The highest BCUT2D eigenvalue weighted by Gasteiger charge is 2.48. The summed E-state index contributed by atoms with van der Waals surface area (Å²) in [6, 6.07) is 4.34. The van der Waals surface area contributed by atoms with Gasteiger partial charge in [-0.15, -0.1) is 0 Å². The van der Waals surface area contributed by atoms with Gasteiger partial charge in [0.05, 0.1) is 6.61 Å². The quantitative estimate of drug-likeness (QED) is 0.820. The van der Waals surface area contributed by atoms with Gasteiger partial charge in [0.1, 0.15) is 0 Å². The maximum Gasteiger partial charge on any atom is 0.0505 e. The Balaban J connectivity index is 2.40. The van der Waals surface area contributed by atoms with Gasteiger partial charge >= 0.3 is 0 Å². The van der Waals surface area contributed by atoms with Crippen molar-refractivity contribution in [3.8, 4) is 0 Å². The fraction of sp³-hybridized carbons (Fsp3) is 0.571. The third-order valence-corrected chi connectivity index (χ3v) is 3.92. The van der Waals surface area contributed by atoms with E-state index in [9.17, 15) is 5.11 Å². The molecule has 1 aliphatic carbocycles. The highest BCUT2D eigenvalue weighted by Crippen LogP contribution is 2.54. The number of aliphatic hydroxyl groups excluding tert-OH is 1. The molecule has 0 saturated heterocycles. The van der Waals surface area contributed by atoms with Crippen LogP contribution in [0.4, 0.5) is 0 Å². The third kappa shape index (κ3) is 1.76. The van der Waals surface area contributed by atoms with Gasteiger partial charge < -0.3 is 10.8 Å². The summed E-state index contributed by atoms with van der Waals surface area (Å²) in [5.74, 6) is 0. The largest absolute Gasteiger partial charge is 0.396 e. The Morgan fingerprint density at radius 2 is 1.75 bits per heavy atom. The molecule has 2 heteroatoms. The van der Waals surface area contributed by atoms with E-state index in [4.69, 9.17) is 5.73 Å². The summed E-state index contributed by atoms with van der Waals surface area (Å²) < 4.78 is 0. The average Bonchev–Trinajstić information content (AvgIpc) is 2.96. The molecular weight excluding hydrogens is 198 g/mol. The molecule has 0 aromatic heterocycles. The normalized spacial score (nSPS) is 19.6. The second-order valence-corrected chi connectivity index (χ2v) is 5.31. The molecule has 1 atom stereocenters. The lowest BCUT2D eigenvalue weighted by Crippen LogP contribution is -2.27. The van der Waals surface area contributed by atoms with E-state index < -0.39 is 0 Å². The molecule has 0 amide bonds. The number of hydrogen-bond acceptors (Lipinski definition) is 2. The van der Waals surface area contributed by atoms with E-state index >= 15 is 0 Å². The van der Waals surface area contributed by atoms with Crippen LogP contribution in [0.15, 0.2) is 12.1 Å². The summed E-state index contributed by atoms with van der Waals surface area (Å²) in [6.45, 7) is 6.54. The van der Waals surface area contributed by atoms with Gasteiger partial charge in [0.25, 0.3) is 0 Å². The molecule has 0 spiro atoms. The summed E-state index contributed by atoms with van der Waals surface area (Å²) in [4.78, 5) is 0. The zero-order chi connectivity index (χ0) is 11.9. The van der Waals surface area contributed by atoms with Crippen molar-refractivity contribution >= 4 is 0 Å². The molecule has 0 heterocycles. The van der Waals surface area contributed by atoms with Gasteiger partial charge in [-0.3, -0.25) is 0 Å². The summed E-state index contributed by atoms with van der Waals surface area (Å²) in [5.41, 5.74) is 11.3. The topological polar surface area (TPSA) is 46.2 Å². The van der Waals surface area contributed by atoms with Gasteiger partial charge in [-0.05, 0) is 50.3 Å². The van der Waals surface area contributed by atoms with E-state index in [1.165, 1.54) is 22.3 Å². The Labute approximate surface area is 97.5 Å². The van der Waals surface area contributed by atoms with Crippen LogP contribution in [0, 0.1) is 26.2 Å². The first-order valence-electron chi connectivity index (χ1n) is 5.94. The Hall–Kier alpha value is -0.860. The lowest BCUT2D eigenvalue weighted by molar-refractivity contribution is 0.187. The molecule has 1 fully saturated rings. The molecular formula is C14H21NO. The van der Waals surface area contributed by atoms with Gasteiger partial charge in [0.2, 0.25) is 0 Å². The minimum absolute atomic E-state index is 0.0156. The molecule has 16 heavy (non-hydrogen) atoms. The van der Waals surface area contributed by atoms with Crippen LogP contribution in [-0.2, 0) is 0 Å². The SMILES string of the molecule is Cc1cc(C)c(C(N)C2(CO)CC2)c(C)c1. The lowest BCUT2D eigenvalue weighted by atomic mass is 9.85. The van der Waals surface area contributed by atoms with E-state index in [0.29, 0.717) is 0 Å². The van der Waals surface area contributed by atoms with E-state index in [1.54, 1.807) is 0 Å². The Morgan fingerprint density at radius 3 is 2.12 bits per heavy atom. The molecule has 1 unspecified atom stereocenters. The lowest BCUT2D eigenvalue weighted by Gasteiger charge is -2.25. The number of aliphatic hydroxyl groups is 1. The van der Waals surface area contributed by atoms with Crippen LogP contribution in [0.3, 0.4) is 0 Å². The fourth-order valence-corrected chi connectivity index (χ4v) is 2.72. The van der Waals surface area contributed by atoms with Crippen molar-refractivity contribution in [3.05, 3.63) is 34.4 Å². The summed E-state index contributed by atoms with van der Waals surface area (Å²) in [6.07, 6.45) is 2.11. The van der Waals surface area contributed by atoms with Crippen molar-refractivity contribution in [2.24, 2.45) is 11.1 Å². The third-order valence-electron chi connectivity index (χ3n) is 3.92. The average molecular weight is 219 g/mol. The van der Waals surface area contributed by atoms with Gasteiger partial charge in [-0.1, -0.05) is 17.7 Å².